The van der Waals surface area contributed by atoms with Gasteiger partial charge in [-0.2, -0.15) is 5.10 Å². The van der Waals surface area contributed by atoms with Crippen LogP contribution >= 0.6 is 23.4 Å². The lowest BCUT2D eigenvalue weighted by Gasteiger charge is -2.13. The zero-order chi connectivity index (χ0) is 25.6. The van der Waals surface area contributed by atoms with Crippen LogP contribution in [-0.2, 0) is 11.3 Å². The summed E-state index contributed by atoms with van der Waals surface area (Å²) in [4.78, 5) is 16.0. The molecule has 0 unspecified atom stereocenters. The second-order valence-electron chi connectivity index (χ2n) is 8.21. The van der Waals surface area contributed by atoms with E-state index in [9.17, 15) is 4.79 Å². The van der Waals surface area contributed by atoms with Gasteiger partial charge in [-0.15, -0.1) is 10.2 Å². The fourth-order valence-corrected chi connectivity index (χ4v) is 4.75. The average Bonchev–Trinajstić information content (AvgIpc) is 3.52. The van der Waals surface area contributed by atoms with Crippen molar-refractivity contribution in [3.63, 3.8) is 0 Å². The Morgan fingerprint density at radius 2 is 1.84 bits per heavy atom. The standard InChI is InChI=1S/C27H24ClN7OS/c1-18(26(36)33-31-16-19-15-30-24-10-6-5-9-23(19)24)37-27-34-32-25(35(27)22-7-3-2-4-8-22)17-29-21-13-11-20(28)12-14-21/h2-16,18,29-30H,17H2,1H3,(H,33,36)/t18-/m1/s1. The SMILES string of the molecule is C[C@@H](Sc1nnc(CNc2ccc(Cl)cc2)n1-c1ccccc1)C(=O)NN=Cc1c[nH]c2ccccc12. The Morgan fingerprint density at radius 3 is 2.65 bits per heavy atom. The van der Waals surface area contributed by atoms with Crippen molar-refractivity contribution in [1.29, 1.82) is 0 Å². The van der Waals surface area contributed by atoms with Crippen molar-refractivity contribution in [2.45, 2.75) is 23.9 Å². The summed E-state index contributed by atoms with van der Waals surface area (Å²) in [6.07, 6.45) is 3.50. The van der Waals surface area contributed by atoms with Gasteiger partial charge in [0.2, 0.25) is 0 Å². The Hall–Kier alpha value is -4.08. The average molecular weight is 530 g/mol. The van der Waals surface area contributed by atoms with Gasteiger partial charge in [0.1, 0.15) is 0 Å². The van der Waals surface area contributed by atoms with Gasteiger partial charge in [-0.25, -0.2) is 5.43 Å². The van der Waals surface area contributed by atoms with E-state index in [0.717, 1.165) is 27.8 Å². The molecule has 2 heterocycles. The van der Waals surface area contributed by atoms with E-state index in [1.165, 1.54) is 11.8 Å². The van der Waals surface area contributed by atoms with Crippen LogP contribution < -0.4 is 10.7 Å². The van der Waals surface area contributed by atoms with Crippen molar-refractivity contribution in [1.82, 2.24) is 25.2 Å². The molecule has 0 aliphatic heterocycles. The third-order valence-corrected chi connectivity index (χ3v) is 6.96. The second-order valence-corrected chi connectivity index (χ2v) is 9.96. The summed E-state index contributed by atoms with van der Waals surface area (Å²) in [5, 5.41) is 18.2. The van der Waals surface area contributed by atoms with Gasteiger partial charge in [0.25, 0.3) is 5.91 Å². The predicted molar refractivity (Wildman–Crippen MR) is 149 cm³/mol. The number of anilines is 1. The lowest BCUT2D eigenvalue weighted by molar-refractivity contribution is -0.120. The third-order valence-electron chi connectivity index (χ3n) is 5.66. The van der Waals surface area contributed by atoms with E-state index in [2.05, 4.69) is 31.0 Å². The summed E-state index contributed by atoms with van der Waals surface area (Å²) in [7, 11) is 0. The number of fused-ring (bicyclic) bond motifs is 1. The van der Waals surface area contributed by atoms with Gasteiger partial charge < -0.3 is 10.3 Å². The number of H-pyrrole nitrogens is 1. The molecule has 2 aromatic heterocycles. The van der Waals surface area contributed by atoms with E-state index in [4.69, 9.17) is 11.6 Å². The molecular formula is C27H24ClN7OS. The van der Waals surface area contributed by atoms with Crippen molar-refractivity contribution >= 4 is 52.1 Å². The molecule has 0 aliphatic carbocycles. The van der Waals surface area contributed by atoms with Crippen LogP contribution in [0.5, 0.6) is 0 Å². The van der Waals surface area contributed by atoms with E-state index in [-0.39, 0.29) is 5.91 Å². The molecule has 0 radical (unpaired) electrons. The first-order valence-corrected chi connectivity index (χ1v) is 12.9. The van der Waals surface area contributed by atoms with Crippen LogP contribution in [0.4, 0.5) is 5.69 Å². The molecule has 0 bridgehead atoms. The fourth-order valence-electron chi connectivity index (χ4n) is 3.75. The number of para-hydroxylation sites is 2. The number of nitrogens with zero attached hydrogens (tertiary/aromatic N) is 4. The zero-order valence-corrected chi connectivity index (χ0v) is 21.5. The number of nitrogens with one attached hydrogen (secondary N) is 3. The van der Waals surface area contributed by atoms with Crippen LogP contribution in [0, 0.1) is 0 Å². The molecule has 0 aliphatic rings. The molecule has 0 spiro atoms. The Morgan fingerprint density at radius 1 is 1.08 bits per heavy atom. The number of thioether (sulfide) groups is 1. The monoisotopic (exact) mass is 529 g/mol. The van der Waals surface area contributed by atoms with Gasteiger partial charge in [0.05, 0.1) is 18.0 Å². The van der Waals surface area contributed by atoms with Crippen LogP contribution in [0.15, 0.2) is 95.3 Å². The Bertz CT molecular complexity index is 1530. The summed E-state index contributed by atoms with van der Waals surface area (Å²) in [5.74, 6) is 0.484. The minimum absolute atomic E-state index is 0.232. The Balaban J connectivity index is 1.29. The molecule has 186 valence electrons. The van der Waals surface area contributed by atoms with Crippen LogP contribution in [0.3, 0.4) is 0 Å². The maximum Gasteiger partial charge on any atom is 0.253 e. The fraction of sp³-hybridized carbons (Fsp3) is 0.111. The van der Waals surface area contributed by atoms with Crippen LogP contribution in [0.1, 0.15) is 18.3 Å². The summed E-state index contributed by atoms with van der Waals surface area (Å²) in [6.45, 7) is 2.26. The van der Waals surface area contributed by atoms with Gasteiger partial charge in [-0.1, -0.05) is 59.8 Å². The van der Waals surface area contributed by atoms with Crippen molar-refractivity contribution in [3.8, 4) is 5.69 Å². The zero-order valence-electron chi connectivity index (χ0n) is 19.9. The topological polar surface area (TPSA) is 100.0 Å². The predicted octanol–water partition coefficient (Wildman–Crippen LogP) is 5.65. The molecule has 0 saturated heterocycles. The van der Waals surface area contributed by atoms with Crippen molar-refractivity contribution in [2.24, 2.45) is 5.10 Å². The molecule has 8 nitrogen and oxygen atoms in total. The minimum atomic E-state index is -0.455. The lowest BCUT2D eigenvalue weighted by atomic mass is 10.2. The maximum absolute atomic E-state index is 12.8. The number of hydrazone groups is 1. The summed E-state index contributed by atoms with van der Waals surface area (Å²) in [5.41, 5.74) is 6.38. The molecule has 3 aromatic carbocycles. The molecule has 10 heteroatoms. The van der Waals surface area contributed by atoms with Gasteiger partial charge in [0.15, 0.2) is 11.0 Å². The number of rotatable bonds is 9. The number of aromatic amines is 1. The molecule has 37 heavy (non-hydrogen) atoms. The Labute approximate surface area is 223 Å². The minimum Gasteiger partial charge on any atom is -0.378 e. The maximum atomic E-state index is 12.8. The number of hydrogen-bond donors (Lipinski definition) is 3. The van der Waals surface area contributed by atoms with Gasteiger partial charge >= 0.3 is 0 Å². The number of hydrogen-bond acceptors (Lipinski definition) is 6. The van der Waals surface area contributed by atoms with E-state index in [1.807, 2.05) is 96.6 Å². The van der Waals surface area contributed by atoms with Crippen LogP contribution in [-0.4, -0.2) is 37.1 Å². The summed E-state index contributed by atoms with van der Waals surface area (Å²) in [6, 6.07) is 25.2. The smallest absolute Gasteiger partial charge is 0.253 e. The molecule has 1 amide bonds. The van der Waals surface area contributed by atoms with E-state index < -0.39 is 5.25 Å². The number of aromatic nitrogens is 4. The van der Waals surface area contributed by atoms with E-state index in [0.29, 0.717) is 22.5 Å². The molecular weight excluding hydrogens is 506 g/mol. The highest BCUT2D eigenvalue weighted by Gasteiger charge is 2.21. The second kappa shape index (κ2) is 11.3. The van der Waals surface area contributed by atoms with Crippen LogP contribution in [0.2, 0.25) is 5.02 Å². The summed E-state index contributed by atoms with van der Waals surface area (Å²) < 4.78 is 1.95. The lowest BCUT2D eigenvalue weighted by Crippen LogP contribution is -2.27. The van der Waals surface area contributed by atoms with E-state index in [1.54, 1.807) is 6.21 Å². The van der Waals surface area contributed by atoms with Crippen molar-refractivity contribution in [2.75, 3.05) is 5.32 Å². The molecule has 0 fully saturated rings. The quantitative estimate of drug-likeness (QED) is 0.130. The highest BCUT2D eigenvalue weighted by molar-refractivity contribution is 8.00. The number of carbonyl (C=O) groups is 1. The van der Waals surface area contributed by atoms with Crippen LogP contribution in [0.25, 0.3) is 16.6 Å². The third kappa shape index (κ3) is 5.84. The first kappa shape index (κ1) is 24.6. The first-order valence-electron chi connectivity index (χ1n) is 11.6. The van der Waals surface area contributed by atoms with Gasteiger partial charge in [-0.05, 0) is 49.4 Å². The molecule has 3 N–H and O–H groups in total. The first-order chi connectivity index (χ1) is 18.1. The number of carbonyl (C=O) groups excluding carboxylic acids is 1. The number of halogens is 1. The molecule has 5 aromatic rings. The van der Waals surface area contributed by atoms with Gasteiger partial charge in [0, 0.05) is 39.1 Å². The molecule has 1 atom stereocenters. The highest BCUT2D eigenvalue weighted by Crippen LogP contribution is 2.26. The molecule has 5 rings (SSSR count). The van der Waals surface area contributed by atoms with E-state index >= 15 is 0 Å². The van der Waals surface area contributed by atoms with Gasteiger partial charge in [-0.3, -0.25) is 9.36 Å². The number of amides is 1. The highest BCUT2D eigenvalue weighted by atomic mass is 35.5. The Kier molecular flexibility index (Phi) is 7.53. The van der Waals surface area contributed by atoms with Crippen molar-refractivity contribution in [3.05, 3.63) is 101 Å². The summed E-state index contributed by atoms with van der Waals surface area (Å²) >= 11 is 7.31. The largest absolute Gasteiger partial charge is 0.378 e. The molecule has 0 saturated carbocycles. The normalized spacial score (nSPS) is 12.2. The van der Waals surface area contributed by atoms with Crippen molar-refractivity contribution < 1.29 is 4.79 Å². The number of benzene rings is 3.